The second kappa shape index (κ2) is 3.61. The number of rotatable bonds is 2. The van der Waals surface area contributed by atoms with E-state index in [0.29, 0.717) is 6.61 Å². The molecule has 0 unspecified atom stereocenters. The summed E-state index contributed by atoms with van der Waals surface area (Å²) in [6.45, 7) is 7.09. The molecule has 0 aromatic carbocycles. The van der Waals surface area contributed by atoms with Gasteiger partial charge in [-0.15, -0.1) is 0 Å². The molecule has 0 amide bonds. The predicted octanol–water partition coefficient (Wildman–Crippen LogP) is 2.75. The van der Waals surface area contributed by atoms with E-state index in [9.17, 15) is 0 Å². The Balaban J connectivity index is 2.81. The summed E-state index contributed by atoms with van der Waals surface area (Å²) in [7, 11) is 0. The highest BCUT2D eigenvalue weighted by atomic mass is 16.3. The van der Waals surface area contributed by atoms with Crippen LogP contribution in [0.1, 0.15) is 40.0 Å². The van der Waals surface area contributed by atoms with E-state index in [0.717, 1.165) is 12.3 Å². The standard InChI is InChI=1S/C11H20O/c1-9-5-4-6-10(2)11(9,3)7-8-12/h5,10,12H,4,6-8H2,1-3H3/t10-,11-/m1/s1. The Morgan fingerprint density at radius 3 is 2.83 bits per heavy atom. The third-order valence-corrected chi connectivity index (χ3v) is 3.67. The highest BCUT2D eigenvalue weighted by molar-refractivity contribution is 5.15. The molecular formula is C11H20O. The fraction of sp³-hybridized carbons (Fsp3) is 0.818. The Kier molecular flexibility index (Phi) is 2.94. The van der Waals surface area contributed by atoms with Gasteiger partial charge in [0.1, 0.15) is 0 Å². The summed E-state index contributed by atoms with van der Waals surface area (Å²) in [5.74, 6) is 0.717. The van der Waals surface area contributed by atoms with Crippen LogP contribution in [0.5, 0.6) is 0 Å². The average molecular weight is 168 g/mol. The van der Waals surface area contributed by atoms with Crippen molar-refractivity contribution >= 4 is 0 Å². The Bertz CT molecular complexity index is 183. The second-order valence-electron chi connectivity index (χ2n) is 4.26. The first-order valence-corrected chi connectivity index (χ1v) is 4.89. The fourth-order valence-corrected chi connectivity index (χ4v) is 2.17. The molecule has 0 aromatic rings. The second-order valence-corrected chi connectivity index (χ2v) is 4.26. The van der Waals surface area contributed by atoms with E-state index in [1.807, 2.05) is 0 Å². The molecule has 0 spiro atoms. The number of allylic oxidation sites excluding steroid dienone is 2. The molecule has 0 saturated heterocycles. The minimum atomic E-state index is 0.257. The summed E-state index contributed by atoms with van der Waals surface area (Å²) in [6, 6.07) is 0. The van der Waals surface area contributed by atoms with E-state index in [4.69, 9.17) is 5.11 Å². The molecule has 70 valence electrons. The largest absolute Gasteiger partial charge is 0.396 e. The molecule has 0 saturated carbocycles. The van der Waals surface area contributed by atoms with Gasteiger partial charge in [0.15, 0.2) is 0 Å². The molecule has 0 aliphatic heterocycles. The van der Waals surface area contributed by atoms with E-state index in [1.54, 1.807) is 0 Å². The minimum Gasteiger partial charge on any atom is -0.396 e. The van der Waals surface area contributed by atoms with Crippen molar-refractivity contribution in [1.29, 1.82) is 0 Å². The van der Waals surface area contributed by atoms with E-state index in [1.165, 1.54) is 18.4 Å². The van der Waals surface area contributed by atoms with Crippen LogP contribution in [0.3, 0.4) is 0 Å². The topological polar surface area (TPSA) is 20.2 Å². The Labute approximate surface area is 75.5 Å². The molecule has 2 atom stereocenters. The van der Waals surface area contributed by atoms with Crippen molar-refractivity contribution in [3.05, 3.63) is 11.6 Å². The van der Waals surface area contributed by atoms with Crippen LogP contribution < -0.4 is 0 Å². The quantitative estimate of drug-likeness (QED) is 0.629. The zero-order valence-corrected chi connectivity index (χ0v) is 8.43. The molecule has 0 aromatic heterocycles. The van der Waals surface area contributed by atoms with Crippen LogP contribution in [0.15, 0.2) is 11.6 Å². The lowest BCUT2D eigenvalue weighted by molar-refractivity contribution is 0.157. The van der Waals surface area contributed by atoms with Crippen molar-refractivity contribution in [2.75, 3.05) is 6.61 Å². The van der Waals surface area contributed by atoms with Crippen LogP contribution in [0.2, 0.25) is 0 Å². The first kappa shape index (κ1) is 9.79. The van der Waals surface area contributed by atoms with E-state index < -0.39 is 0 Å². The Hall–Kier alpha value is -0.300. The molecule has 1 aliphatic rings. The molecule has 0 heterocycles. The summed E-state index contributed by atoms with van der Waals surface area (Å²) in [5, 5.41) is 8.99. The highest BCUT2D eigenvalue weighted by Gasteiger charge is 2.33. The third-order valence-electron chi connectivity index (χ3n) is 3.67. The van der Waals surface area contributed by atoms with Gasteiger partial charge in [0.05, 0.1) is 0 Å². The van der Waals surface area contributed by atoms with Gasteiger partial charge in [-0.2, -0.15) is 0 Å². The van der Waals surface area contributed by atoms with Gasteiger partial charge < -0.3 is 5.11 Å². The zero-order valence-electron chi connectivity index (χ0n) is 8.43. The van der Waals surface area contributed by atoms with Gasteiger partial charge in [-0.3, -0.25) is 0 Å². The number of hydrogen-bond acceptors (Lipinski definition) is 1. The van der Waals surface area contributed by atoms with Crippen LogP contribution in [0, 0.1) is 11.3 Å². The van der Waals surface area contributed by atoms with Gasteiger partial charge in [0, 0.05) is 6.61 Å². The summed E-state index contributed by atoms with van der Waals surface area (Å²) in [6.07, 6.45) is 5.73. The van der Waals surface area contributed by atoms with Gasteiger partial charge >= 0.3 is 0 Å². The molecular weight excluding hydrogens is 148 g/mol. The van der Waals surface area contributed by atoms with Gasteiger partial charge in [0.25, 0.3) is 0 Å². The first-order valence-electron chi connectivity index (χ1n) is 4.89. The smallest absolute Gasteiger partial charge is 0.0439 e. The maximum absolute atomic E-state index is 8.99. The lowest BCUT2D eigenvalue weighted by Gasteiger charge is -2.39. The Morgan fingerprint density at radius 2 is 2.33 bits per heavy atom. The molecule has 0 bridgehead atoms. The number of aliphatic hydroxyl groups is 1. The molecule has 0 fully saturated rings. The molecule has 1 aliphatic carbocycles. The predicted molar refractivity (Wildman–Crippen MR) is 52.0 cm³/mol. The zero-order chi connectivity index (χ0) is 9.19. The van der Waals surface area contributed by atoms with Crippen LogP contribution in [-0.2, 0) is 0 Å². The molecule has 1 rings (SSSR count). The average Bonchev–Trinajstić information content (AvgIpc) is 2.02. The van der Waals surface area contributed by atoms with Crippen LogP contribution in [0.4, 0.5) is 0 Å². The maximum atomic E-state index is 8.99. The van der Waals surface area contributed by atoms with Crippen LogP contribution in [-0.4, -0.2) is 11.7 Å². The maximum Gasteiger partial charge on any atom is 0.0439 e. The van der Waals surface area contributed by atoms with Crippen LogP contribution >= 0.6 is 0 Å². The van der Waals surface area contributed by atoms with Gasteiger partial charge in [0.2, 0.25) is 0 Å². The van der Waals surface area contributed by atoms with Gasteiger partial charge in [-0.25, -0.2) is 0 Å². The first-order chi connectivity index (χ1) is 5.61. The lowest BCUT2D eigenvalue weighted by Crippen LogP contribution is -2.30. The van der Waals surface area contributed by atoms with Crippen molar-refractivity contribution in [3.63, 3.8) is 0 Å². The van der Waals surface area contributed by atoms with Crippen molar-refractivity contribution < 1.29 is 5.11 Å². The van der Waals surface area contributed by atoms with Crippen molar-refractivity contribution in [1.82, 2.24) is 0 Å². The van der Waals surface area contributed by atoms with E-state index in [2.05, 4.69) is 26.8 Å². The lowest BCUT2D eigenvalue weighted by atomic mass is 9.66. The summed E-state index contributed by atoms with van der Waals surface area (Å²) in [5.41, 5.74) is 1.72. The molecule has 12 heavy (non-hydrogen) atoms. The highest BCUT2D eigenvalue weighted by Crippen LogP contribution is 2.43. The third kappa shape index (κ3) is 1.56. The summed E-state index contributed by atoms with van der Waals surface area (Å²) < 4.78 is 0. The van der Waals surface area contributed by atoms with Crippen LogP contribution in [0.25, 0.3) is 0 Å². The monoisotopic (exact) mass is 168 g/mol. The molecule has 1 heteroatoms. The number of aliphatic hydroxyl groups excluding tert-OH is 1. The fourth-order valence-electron chi connectivity index (χ4n) is 2.17. The SMILES string of the molecule is CC1=CCC[C@@H](C)[C@]1(C)CCO. The Morgan fingerprint density at radius 1 is 1.67 bits per heavy atom. The van der Waals surface area contributed by atoms with Crippen molar-refractivity contribution in [2.45, 2.75) is 40.0 Å². The molecule has 0 radical (unpaired) electrons. The number of hydrogen-bond donors (Lipinski definition) is 1. The van der Waals surface area contributed by atoms with Gasteiger partial charge in [-0.05, 0) is 37.5 Å². The van der Waals surface area contributed by atoms with Crippen molar-refractivity contribution in [3.8, 4) is 0 Å². The van der Waals surface area contributed by atoms with E-state index >= 15 is 0 Å². The van der Waals surface area contributed by atoms with Crippen molar-refractivity contribution in [2.24, 2.45) is 11.3 Å². The summed E-state index contributed by atoms with van der Waals surface area (Å²) >= 11 is 0. The minimum absolute atomic E-state index is 0.257. The normalized spacial score (nSPS) is 36.3. The molecule has 1 N–H and O–H groups in total. The van der Waals surface area contributed by atoms with Gasteiger partial charge in [-0.1, -0.05) is 25.5 Å². The molecule has 1 nitrogen and oxygen atoms in total. The van der Waals surface area contributed by atoms with E-state index in [-0.39, 0.29) is 5.41 Å². The summed E-state index contributed by atoms with van der Waals surface area (Å²) in [4.78, 5) is 0.